The lowest BCUT2D eigenvalue weighted by atomic mass is 9.64. The van der Waals surface area contributed by atoms with Crippen molar-refractivity contribution < 1.29 is 18.7 Å². The van der Waals surface area contributed by atoms with E-state index in [0.29, 0.717) is 24.8 Å². The maximum Gasteiger partial charge on any atom is 0.258 e. The Hall–Kier alpha value is -2.36. The number of aromatic nitrogens is 1. The molecule has 2 saturated heterocycles. The first kappa shape index (κ1) is 29.4. The lowest BCUT2D eigenvalue weighted by Gasteiger charge is -2.61. The number of halogens is 1. The van der Waals surface area contributed by atoms with Crippen molar-refractivity contribution in [2.45, 2.75) is 101 Å². The Morgan fingerprint density at radius 3 is 2.77 bits per heavy atom. The van der Waals surface area contributed by atoms with E-state index in [1.165, 1.54) is 32.1 Å². The number of ether oxygens (including phenoxy) is 1. The average Bonchev–Trinajstić information content (AvgIpc) is 3.56. The van der Waals surface area contributed by atoms with E-state index in [1.54, 1.807) is 18.1 Å². The Bertz CT molecular complexity index is 1190. The van der Waals surface area contributed by atoms with Gasteiger partial charge in [-0.05, 0) is 75.6 Å². The van der Waals surface area contributed by atoms with Crippen LogP contribution >= 0.6 is 0 Å². The van der Waals surface area contributed by atoms with Gasteiger partial charge in [-0.15, -0.1) is 0 Å². The van der Waals surface area contributed by atoms with E-state index in [0.717, 1.165) is 51.1 Å². The van der Waals surface area contributed by atoms with Crippen LogP contribution in [0.3, 0.4) is 0 Å². The molecule has 4 heterocycles. The zero-order valence-electron chi connectivity index (χ0n) is 25.6. The van der Waals surface area contributed by atoms with Gasteiger partial charge in [0.15, 0.2) is 5.78 Å². The van der Waals surface area contributed by atoms with Crippen LogP contribution in [-0.4, -0.2) is 108 Å². The summed E-state index contributed by atoms with van der Waals surface area (Å²) in [5.74, 6) is 0.0557. The number of likely N-dealkylation sites (N-methyl/N-ethyl adjacent to an activating group) is 1. The van der Waals surface area contributed by atoms with Crippen molar-refractivity contribution >= 4 is 11.7 Å². The third kappa shape index (κ3) is 5.66. The van der Waals surface area contributed by atoms with Crippen molar-refractivity contribution in [2.75, 3.05) is 39.8 Å². The molecule has 3 aliphatic carbocycles. The first-order valence-corrected chi connectivity index (χ1v) is 16.9. The van der Waals surface area contributed by atoms with Crippen molar-refractivity contribution in [2.24, 2.45) is 17.8 Å². The molecule has 9 heteroatoms. The average molecular weight is 594 g/mol. The van der Waals surface area contributed by atoms with E-state index in [-0.39, 0.29) is 41.9 Å². The molecule has 0 bridgehead atoms. The minimum absolute atomic E-state index is 0.0109. The number of fused-ring (bicyclic) bond motifs is 4. The Morgan fingerprint density at radius 1 is 1.12 bits per heavy atom. The molecule has 234 valence electrons. The molecule has 0 aromatic carbocycles. The second-order valence-corrected chi connectivity index (χ2v) is 13.9. The molecule has 43 heavy (non-hydrogen) atoms. The van der Waals surface area contributed by atoms with Crippen molar-refractivity contribution in [1.29, 1.82) is 0 Å². The van der Waals surface area contributed by atoms with Gasteiger partial charge in [-0.3, -0.25) is 14.6 Å². The van der Waals surface area contributed by atoms with Gasteiger partial charge in [-0.1, -0.05) is 25.3 Å². The number of nitrogens with one attached hydrogen (secondary N) is 1. The van der Waals surface area contributed by atoms with E-state index >= 15 is 4.39 Å². The molecule has 6 aliphatic rings. The second kappa shape index (κ2) is 12.6. The molecule has 1 aromatic heterocycles. The monoisotopic (exact) mass is 593 g/mol. The normalized spacial score (nSPS) is 37.3. The van der Waals surface area contributed by atoms with Crippen LogP contribution < -0.4 is 5.32 Å². The summed E-state index contributed by atoms with van der Waals surface area (Å²) in [7, 11) is 1.75. The van der Waals surface area contributed by atoms with Gasteiger partial charge in [0.25, 0.3) is 5.91 Å². The molecule has 0 radical (unpaired) electrons. The molecule has 9 atom stereocenters. The molecular weight excluding hydrogens is 545 g/mol. The lowest BCUT2D eigenvalue weighted by Crippen LogP contribution is -2.74. The molecule has 5 fully saturated rings. The molecule has 0 spiro atoms. The second-order valence-electron chi connectivity index (χ2n) is 13.9. The van der Waals surface area contributed by atoms with Gasteiger partial charge >= 0.3 is 0 Å². The molecule has 1 aromatic rings. The largest absolute Gasteiger partial charge is 0.369 e. The van der Waals surface area contributed by atoms with Gasteiger partial charge in [0.2, 0.25) is 0 Å². The Labute approximate surface area is 255 Å². The third-order valence-electron chi connectivity index (χ3n) is 11.5. The fourth-order valence-corrected chi connectivity index (χ4v) is 9.28. The van der Waals surface area contributed by atoms with Gasteiger partial charge < -0.3 is 24.8 Å². The minimum Gasteiger partial charge on any atom is -0.369 e. The molecule has 8 nitrogen and oxygen atoms in total. The number of amides is 1. The van der Waals surface area contributed by atoms with Crippen LogP contribution in [0.4, 0.5) is 4.39 Å². The number of pyridine rings is 1. The van der Waals surface area contributed by atoms with E-state index in [1.807, 2.05) is 24.4 Å². The highest BCUT2D eigenvalue weighted by Gasteiger charge is 2.60. The summed E-state index contributed by atoms with van der Waals surface area (Å²) in [5.41, 5.74) is 1.12. The molecule has 1 amide bonds. The van der Waals surface area contributed by atoms with Gasteiger partial charge in [0, 0.05) is 57.1 Å². The van der Waals surface area contributed by atoms with Crippen LogP contribution in [0.2, 0.25) is 0 Å². The summed E-state index contributed by atoms with van der Waals surface area (Å²) in [4.78, 5) is 38.6. The van der Waals surface area contributed by atoms with Crippen LogP contribution in [0.15, 0.2) is 36.2 Å². The van der Waals surface area contributed by atoms with Crippen LogP contribution in [0, 0.1) is 17.8 Å². The molecule has 7 rings (SSSR count). The minimum atomic E-state index is -1.20. The maximum atomic E-state index is 16.2. The van der Waals surface area contributed by atoms with Crippen molar-refractivity contribution in [3.8, 4) is 0 Å². The van der Waals surface area contributed by atoms with Crippen molar-refractivity contribution in [3.63, 3.8) is 0 Å². The molecular formula is C34H48FN5O3. The van der Waals surface area contributed by atoms with E-state index in [2.05, 4.69) is 20.1 Å². The van der Waals surface area contributed by atoms with E-state index in [9.17, 15) is 9.59 Å². The third-order valence-corrected chi connectivity index (χ3v) is 11.5. The number of morpholine rings is 1. The number of likely N-dealkylation sites (tertiary alicyclic amines) is 1. The molecule has 9 unspecified atom stereocenters. The summed E-state index contributed by atoms with van der Waals surface area (Å²) in [5, 5.41) is 3.57. The van der Waals surface area contributed by atoms with E-state index in [4.69, 9.17) is 4.74 Å². The molecule has 3 aliphatic heterocycles. The number of hydrogen-bond acceptors (Lipinski definition) is 7. The van der Waals surface area contributed by atoms with Crippen LogP contribution in [0.5, 0.6) is 0 Å². The number of Topliss-reactive ketones (excluding diaryl/α,β-unsaturated/α-hetero) is 1. The van der Waals surface area contributed by atoms with Gasteiger partial charge in [-0.25, -0.2) is 4.39 Å². The zero-order chi connectivity index (χ0) is 29.5. The number of rotatable bonds is 8. The number of hydrogen-bond donors (Lipinski definition) is 1. The zero-order valence-corrected chi connectivity index (χ0v) is 25.6. The number of carbonyl (C=O) groups is 2. The standard InChI is InChI=1S/C34H48FN5O3/c1-38(18-13-23-9-4-5-14-36-23)34(42)26-21-40-28-12-11-22-8-2-3-10-24(22)32(28)43-33-29(37-15-19-39-16-6-7-17-39)27(35)20-25(30(33)40)31(26)41/h4-5,9,14,21-22,24-25,27-30,32-33,37H,2-3,6-8,10-13,15-20H2,1H3. The summed E-state index contributed by atoms with van der Waals surface area (Å²) in [6.45, 7) is 4.32. The van der Waals surface area contributed by atoms with Crippen molar-refractivity contribution in [1.82, 2.24) is 25.0 Å². The Morgan fingerprint density at radius 2 is 1.95 bits per heavy atom. The van der Waals surface area contributed by atoms with Crippen LogP contribution in [0.1, 0.15) is 63.5 Å². The van der Waals surface area contributed by atoms with E-state index < -0.39 is 24.2 Å². The smallest absolute Gasteiger partial charge is 0.258 e. The number of ketones is 1. The highest BCUT2D eigenvalue weighted by atomic mass is 19.1. The quantitative estimate of drug-likeness (QED) is 0.464. The highest BCUT2D eigenvalue weighted by Crippen LogP contribution is 2.50. The fraction of sp³-hybridized carbons (Fsp3) is 0.735. The number of carbonyl (C=O) groups excluding carboxylic acids is 2. The van der Waals surface area contributed by atoms with Crippen molar-refractivity contribution in [3.05, 3.63) is 41.9 Å². The number of nitrogens with zero attached hydrogens (tertiary/aromatic N) is 4. The Kier molecular flexibility index (Phi) is 8.58. The molecule has 3 saturated carbocycles. The van der Waals surface area contributed by atoms with Gasteiger partial charge in [-0.2, -0.15) is 0 Å². The number of alkyl halides is 1. The SMILES string of the molecule is CN(CCc1ccccn1)C(=O)C1=CN2C3CCC4CCCCC4C3OC3C(NCCN4CCCC4)C(F)CC(C1=O)C32. The first-order valence-electron chi connectivity index (χ1n) is 16.9. The Balaban J connectivity index is 1.16. The maximum absolute atomic E-state index is 16.2. The lowest BCUT2D eigenvalue weighted by molar-refractivity contribution is -0.220. The summed E-state index contributed by atoms with van der Waals surface area (Å²) < 4.78 is 23.2. The highest BCUT2D eigenvalue weighted by molar-refractivity contribution is 6.20. The predicted molar refractivity (Wildman–Crippen MR) is 162 cm³/mol. The first-order chi connectivity index (χ1) is 21.0. The van der Waals surface area contributed by atoms with Crippen LogP contribution in [-0.2, 0) is 20.7 Å². The summed E-state index contributed by atoms with van der Waals surface area (Å²) in [6.07, 6.45) is 12.3. The topological polar surface area (TPSA) is 78.0 Å². The van der Waals surface area contributed by atoms with Gasteiger partial charge in [0.1, 0.15) is 6.17 Å². The van der Waals surface area contributed by atoms with Gasteiger partial charge in [0.05, 0.1) is 35.9 Å². The molecule has 1 N–H and O–H groups in total. The fourth-order valence-electron chi connectivity index (χ4n) is 9.28. The summed E-state index contributed by atoms with van der Waals surface area (Å²) in [6, 6.07) is 5.20. The summed E-state index contributed by atoms with van der Waals surface area (Å²) >= 11 is 0. The predicted octanol–water partition coefficient (Wildman–Crippen LogP) is 3.37. The van der Waals surface area contributed by atoms with Crippen LogP contribution in [0.25, 0.3) is 0 Å².